The van der Waals surface area contributed by atoms with E-state index in [1.807, 2.05) is 0 Å². The SMILES string of the molecule is O=c1[nH]cc(Cl)cc1-c1c(Cl)ccc(Cl)c1Cl. The van der Waals surface area contributed by atoms with Gasteiger partial charge in [-0.1, -0.05) is 46.4 Å². The van der Waals surface area contributed by atoms with Gasteiger partial charge in [-0.3, -0.25) is 4.79 Å². The normalized spacial score (nSPS) is 10.6. The standard InChI is InChI=1S/C11H5Cl4NO/c12-5-3-6(11(17)16-4-5)9-7(13)1-2-8(14)10(9)15/h1-4H,(H,16,17). The van der Waals surface area contributed by atoms with Gasteiger partial charge >= 0.3 is 0 Å². The van der Waals surface area contributed by atoms with Gasteiger partial charge < -0.3 is 4.98 Å². The number of hydrogen-bond donors (Lipinski definition) is 1. The highest BCUT2D eigenvalue weighted by Gasteiger charge is 2.15. The Bertz CT molecular complexity index is 636. The molecule has 0 saturated heterocycles. The fourth-order valence-electron chi connectivity index (χ4n) is 1.42. The minimum atomic E-state index is -0.333. The predicted molar refractivity (Wildman–Crippen MR) is 72.5 cm³/mol. The van der Waals surface area contributed by atoms with Crippen molar-refractivity contribution in [2.24, 2.45) is 0 Å². The van der Waals surface area contributed by atoms with E-state index in [4.69, 9.17) is 46.4 Å². The van der Waals surface area contributed by atoms with Crippen LogP contribution in [0.3, 0.4) is 0 Å². The van der Waals surface area contributed by atoms with E-state index in [0.717, 1.165) is 0 Å². The molecule has 0 atom stereocenters. The van der Waals surface area contributed by atoms with Gasteiger partial charge in [0.05, 0.1) is 25.7 Å². The van der Waals surface area contributed by atoms with E-state index in [2.05, 4.69) is 4.98 Å². The van der Waals surface area contributed by atoms with Crippen molar-refractivity contribution in [3.63, 3.8) is 0 Å². The number of H-pyrrole nitrogens is 1. The Kier molecular flexibility index (Phi) is 3.69. The Morgan fingerprint density at radius 1 is 1.00 bits per heavy atom. The lowest BCUT2D eigenvalue weighted by atomic mass is 10.1. The predicted octanol–water partition coefficient (Wildman–Crippen LogP) is 4.66. The maximum Gasteiger partial charge on any atom is 0.256 e. The van der Waals surface area contributed by atoms with Crippen LogP contribution in [0, 0.1) is 0 Å². The van der Waals surface area contributed by atoms with Crippen LogP contribution in [-0.4, -0.2) is 4.98 Å². The molecule has 0 aliphatic rings. The van der Waals surface area contributed by atoms with Crippen LogP contribution in [0.25, 0.3) is 11.1 Å². The largest absolute Gasteiger partial charge is 0.327 e. The van der Waals surface area contributed by atoms with Gasteiger partial charge in [-0.2, -0.15) is 0 Å². The van der Waals surface area contributed by atoms with Gasteiger partial charge in [0.2, 0.25) is 0 Å². The molecule has 0 fully saturated rings. The van der Waals surface area contributed by atoms with Gasteiger partial charge in [0.1, 0.15) is 0 Å². The summed E-state index contributed by atoms with van der Waals surface area (Å²) in [4.78, 5) is 14.2. The van der Waals surface area contributed by atoms with E-state index in [0.29, 0.717) is 20.6 Å². The van der Waals surface area contributed by atoms with Gasteiger partial charge in [-0.15, -0.1) is 0 Å². The van der Waals surface area contributed by atoms with Crippen molar-refractivity contribution >= 4 is 46.4 Å². The lowest BCUT2D eigenvalue weighted by Crippen LogP contribution is -2.08. The molecule has 6 heteroatoms. The molecule has 1 heterocycles. The molecular weight excluding hydrogens is 304 g/mol. The summed E-state index contributed by atoms with van der Waals surface area (Å²) < 4.78 is 0. The lowest BCUT2D eigenvalue weighted by molar-refractivity contribution is 1.24. The van der Waals surface area contributed by atoms with Crippen LogP contribution in [0.2, 0.25) is 20.1 Å². The molecule has 2 aromatic rings. The topological polar surface area (TPSA) is 32.9 Å². The fourth-order valence-corrected chi connectivity index (χ4v) is 2.31. The zero-order valence-electron chi connectivity index (χ0n) is 8.23. The Hall–Kier alpha value is -0.670. The van der Waals surface area contributed by atoms with Crippen LogP contribution < -0.4 is 5.56 Å². The van der Waals surface area contributed by atoms with Crippen LogP contribution in [0.1, 0.15) is 0 Å². The van der Waals surface area contributed by atoms with Crippen molar-refractivity contribution < 1.29 is 0 Å². The lowest BCUT2D eigenvalue weighted by Gasteiger charge is -2.08. The highest BCUT2D eigenvalue weighted by molar-refractivity contribution is 6.46. The summed E-state index contributed by atoms with van der Waals surface area (Å²) in [6, 6.07) is 4.63. The van der Waals surface area contributed by atoms with E-state index in [9.17, 15) is 4.79 Å². The monoisotopic (exact) mass is 307 g/mol. The second-order valence-electron chi connectivity index (χ2n) is 3.28. The smallest absolute Gasteiger partial charge is 0.256 e. The van der Waals surface area contributed by atoms with Crippen LogP contribution in [-0.2, 0) is 0 Å². The molecule has 2 rings (SSSR count). The molecule has 0 saturated carbocycles. The van der Waals surface area contributed by atoms with Crippen molar-refractivity contribution in [2.45, 2.75) is 0 Å². The molecule has 0 aliphatic carbocycles. The summed E-state index contributed by atoms with van der Waals surface area (Å²) in [5.74, 6) is 0. The molecule has 88 valence electrons. The number of benzene rings is 1. The number of pyridine rings is 1. The Labute approximate surface area is 117 Å². The summed E-state index contributed by atoms with van der Waals surface area (Å²) in [5.41, 5.74) is 0.333. The quantitative estimate of drug-likeness (QED) is 0.764. The minimum Gasteiger partial charge on any atom is -0.327 e. The molecule has 0 spiro atoms. The number of aromatic nitrogens is 1. The molecule has 1 aromatic heterocycles. The molecule has 0 unspecified atom stereocenters. The molecule has 17 heavy (non-hydrogen) atoms. The summed E-state index contributed by atoms with van der Waals surface area (Å²) >= 11 is 23.8. The number of rotatable bonds is 1. The second kappa shape index (κ2) is 4.91. The van der Waals surface area contributed by atoms with Gasteiger partial charge in [0.15, 0.2) is 0 Å². The molecule has 1 N–H and O–H groups in total. The minimum absolute atomic E-state index is 0.229. The van der Waals surface area contributed by atoms with Gasteiger partial charge in [0.25, 0.3) is 5.56 Å². The van der Waals surface area contributed by atoms with E-state index in [-0.39, 0.29) is 16.1 Å². The van der Waals surface area contributed by atoms with Gasteiger partial charge in [-0.25, -0.2) is 0 Å². The highest BCUT2D eigenvalue weighted by atomic mass is 35.5. The molecule has 0 amide bonds. The fraction of sp³-hybridized carbons (Fsp3) is 0. The first kappa shape index (κ1) is 12.8. The number of halogens is 4. The van der Waals surface area contributed by atoms with Crippen LogP contribution in [0.5, 0.6) is 0 Å². The number of nitrogens with one attached hydrogen (secondary N) is 1. The average Bonchev–Trinajstić information content (AvgIpc) is 2.29. The molecule has 1 aromatic carbocycles. The first-order valence-electron chi connectivity index (χ1n) is 4.53. The van der Waals surface area contributed by atoms with Crippen LogP contribution >= 0.6 is 46.4 Å². The van der Waals surface area contributed by atoms with E-state index < -0.39 is 0 Å². The Morgan fingerprint density at radius 3 is 2.35 bits per heavy atom. The molecular formula is C11H5Cl4NO. The van der Waals surface area contributed by atoms with Crippen LogP contribution in [0.15, 0.2) is 29.2 Å². The highest BCUT2D eigenvalue weighted by Crippen LogP contribution is 2.38. The van der Waals surface area contributed by atoms with Crippen molar-refractivity contribution in [3.8, 4) is 11.1 Å². The summed E-state index contributed by atoms with van der Waals surface area (Å²) in [6.07, 6.45) is 1.39. The maximum atomic E-state index is 11.7. The number of aromatic amines is 1. The van der Waals surface area contributed by atoms with E-state index in [1.165, 1.54) is 12.3 Å². The van der Waals surface area contributed by atoms with Crippen LogP contribution in [0.4, 0.5) is 0 Å². The van der Waals surface area contributed by atoms with Gasteiger partial charge in [-0.05, 0) is 18.2 Å². The maximum absolute atomic E-state index is 11.7. The average molecular weight is 309 g/mol. The Morgan fingerprint density at radius 2 is 1.65 bits per heavy atom. The van der Waals surface area contributed by atoms with E-state index >= 15 is 0 Å². The van der Waals surface area contributed by atoms with Crippen molar-refractivity contribution in [2.75, 3.05) is 0 Å². The summed E-state index contributed by atoms with van der Waals surface area (Å²) in [5, 5.41) is 1.27. The zero-order valence-corrected chi connectivity index (χ0v) is 11.3. The molecule has 2 nitrogen and oxygen atoms in total. The van der Waals surface area contributed by atoms with Crippen molar-refractivity contribution in [3.05, 3.63) is 54.8 Å². The van der Waals surface area contributed by atoms with Crippen molar-refractivity contribution in [1.82, 2.24) is 4.98 Å². The Balaban J connectivity index is 2.81. The molecule has 0 bridgehead atoms. The van der Waals surface area contributed by atoms with Crippen molar-refractivity contribution in [1.29, 1.82) is 0 Å². The third-order valence-electron chi connectivity index (χ3n) is 2.18. The van der Waals surface area contributed by atoms with Gasteiger partial charge in [0, 0.05) is 11.8 Å². The first-order chi connectivity index (χ1) is 8.00. The third kappa shape index (κ3) is 2.45. The molecule has 0 radical (unpaired) electrons. The second-order valence-corrected chi connectivity index (χ2v) is 4.91. The van der Waals surface area contributed by atoms with E-state index in [1.54, 1.807) is 12.1 Å². The summed E-state index contributed by atoms with van der Waals surface area (Å²) in [6.45, 7) is 0. The third-order valence-corrected chi connectivity index (χ3v) is 3.52. The first-order valence-corrected chi connectivity index (χ1v) is 6.04. The summed E-state index contributed by atoms with van der Waals surface area (Å²) in [7, 11) is 0. The zero-order chi connectivity index (χ0) is 12.6. The number of hydrogen-bond acceptors (Lipinski definition) is 1. The molecule has 0 aliphatic heterocycles.